The molecule has 0 amide bonds. The highest BCUT2D eigenvalue weighted by atomic mass is 19.2. The van der Waals surface area contributed by atoms with Crippen LogP contribution in [0.3, 0.4) is 0 Å². The van der Waals surface area contributed by atoms with E-state index >= 15 is 0 Å². The Labute approximate surface area is 210 Å². The maximum Gasteiger partial charge on any atom is 0.324 e. The normalized spacial score (nSPS) is 14.3. The fourth-order valence-electron chi connectivity index (χ4n) is 4.16. The van der Waals surface area contributed by atoms with Crippen LogP contribution in [0.1, 0.15) is 19.4 Å². The smallest absolute Gasteiger partial charge is 0.322 e. The van der Waals surface area contributed by atoms with Gasteiger partial charge < -0.3 is 9.42 Å². The Kier molecular flexibility index (Phi) is 6.67. The van der Waals surface area contributed by atoms with Crippen molar-refractivity contribution in [3.05, 3.63) is 81.9 Å². The van der Waals surface area contributed by atoms with Gasteiger partial charge in [-0.25, -0.2) is 17.9 Å². The zero-order chi connectivity index (χ0) is 26.1. The van der Waals surface area contributed by atoms with Crippen LogP contribution in [0.5, 0.6) is 0 Å². The van der Waals surface area contributed by atoms with Gasteiger partial charge in [-0.05, 0) is 49.7 Å². The SMILES string of the molecule is CC(C)N1CCN(c2nc(-c3c#ccc(Cn4nc(-c5cc(F)c(F)c(F)c5)ccc4=O)c3)no2)CC1. The average molecular weight is 509 g/mol. The second-order valence-electron chi connectivity index (χ2n) is 9.03. The molecule has 2 aromatic carbocycles. The molecule has 0 N–H and O–H groups in total. The van der Waals surface area contributed by atoms with E-state index in [9.17, 15) is 18.0 Å². The summed E-state index contributed by atoms with van der Waals surface area (Å²) in [5.74, 6) is -3.91. The molecule has 0 atom stereocenters. The molecular formula is C26H23F3N6O2. The third-order valence-electron chi connectivity index (χ3n) is 6.24. The lowest BCUT2D eigenvalue weighted by Crippen LogP contribution is -2.49. The maximum atomic E-state index is 13.7. The number of rotatable bonds is 6. The molecule has 4 aromatic rings. The Bertz CT molecular complexity index is 1450. The molecule has 1 saturated heterocycles. The Morgan fingerprint density at radius 2 is 1.78 bits per heavy atom. The Morgan fingerprint density at radius 1 is 1.05 bits per heavy atom. The number of aromatic nitrogens is 4. The Morgan fingerprint density at radius 3 is 2.49 bits per heavy atom. The zero-order valence-corrected chi connectivity index (χ0v) is 20.2. The first-order chi connectivity index (χ1) is 17.8. The summed E-state index contributed by atoms with van der Waals surface area (Å²) >= 11 is 0. The Balaban J connectivity index is 1.35. The molecule has 0 aliphatic carbocycles. The van der Waals surface area contributed by atoms with Crippen molar-refractivity contribution in [1.29, 1.82) is 0 Å². The van der Waals surface area contributed by atoms with E-state index in [2.05, 4.69) is 46.1 Å². The summed E-state index contributed by atoms with van der Waals surface area (Å²) in [4.78, 5) is 21.4. The summed E-state index contributed by atoms with van der Waals surface area (Å²) in [6, 6.07) is 14.3. The molecule has 190 valence electrons. The molecular weight excluding hydrogens is 485 g/mol. The first-order valence-corrected chi connectivity index (χ1v) is 11.8. The molecule has 1 aliphatic heterocycles. The van der Waals surface area contributed by atoms with Crippen molar-refractivity contribution in [2.45, 2.75) is 26.4 Å². The zero-order valence-electron chi connectivity index (χ0n) is 20.2. The van der Waals surface area contributed by atoms with E-state index in [-0.39, 0.29) is 17.8 Å². The highest BCUT2D eigenvalue weighted by Gasteiger charge is 2.23. The lowest BCUT2D eigenvalue weighted by atomic mass is 10.1. The molecule has 8 nitrogen and oxygen atoms in total. The van der Waals surface area contributed by atoms with Gasteiger partial charge in [0.2, 0.25) is 5.82 Å². The number of benzene rings is 1. The van der Waals surface area contributed by atoms with Gasteiger partial charge in [-0.15, -0.1) is 0 Å². The summed E-state index contributed by atoms with van der Waals surface area (Å²) in [5, 5.41) is 8.28. The number of hydrogen-bond acceptors (Lipinski definition) is 7. The molecule has 1 fully saturated rings. The minimum Gasteiger partial charge on any atom is -0.322 e. The van der Waals surface area contributed by atoms with Crippen LogP contribution >= 0.6 is 0 Å². The van der Waals surface area contributed by atoms with Gasteiger partial charge in [0.1, 0.15) is 0 Å². The largest absolute Gasteiger partial charge is 0.324 e. The van der Waals surface area contributed by atoms with Crippen molar-refractivity contribution in [3.8, 4) is 22.6 Å². The first kappa shape index (κ1) is 24.5. The van der Waals surface area contributed by atoms with Crippen LogP contribution < -0.4 is 10.5 Å². The van der Waals surface area contributed by atoms with E-state index in [1.807, 2.05) is 4.90 Å². The standard InChI is InChI=1S/C26H23F3N6O2/c1-16(2)33-8-10-34(11-9-33)26-30-25(32-37-26)18-5-3-4-17(12-18)15-35-23(36)7-6-22(31-35)19-13-20(27)24(29)21(28)14-19/h4,6-7,12-14,16H,8-11,15H2,1-2H3. The van der Waals surface area contributed by atoms with E-state index in [1.165, 1.54) is 12.1 Å². The number of nitrogens with zero attached hydrogens (tertiary/aromatic N) is 6. The Hall–Kier alpha value is -4.17. The van der Waals surface area contributed by atoms with Gasteiger partial charge in [0, 0.05) is 43.9 Å². The van der Waals surface area contributed by atoms with Crippen molar-refractivity contribution in [2.24, 2.45) is 0 Å². The average Bonchev–Trinajstić information content (AvgIpc) is 3.39. The summed E-state index contributed by atoms with van der Waals surface area (Å²) in [5.41, 5.74) is 0.870. The third kappa shape index (κ3) is 5.20. The molecule has 1 aliphatic rings. The van der Waals surface area contributed by atoms with E-state index < -0.39 is 23.0 Å². The van der Waals surface area contributed by atoms with Crippen LogP contribution in [0, 0.1) is 29.6 Å². The van der Waals surface area contributed by atoms with Crippen molar-refractivity contribution < 1.29 is 17.7 Å². The van der Waals surface area contributed by atoms with Crippen LogP contribution in [-0.4, -0.2) is 57.0 Å². The monoisotopic (exact) mass is 508 g/mol. The molecule has 2 aromatic heterocycles. The van der Waals surface area contributed by atoms with Crippen molar-refractivity contribution in [2.75, 3.05) is 31.1 Å². The van der Waals surface area contributed by atoms with E-state index in [1.54, 1.807) is 12.1 Å². The minimum absolute atomic E-state index is 0.00681. The van der Waals surface area contributed by atoms with Crippen molar-refractivity contribution >= 4 is 6.01 Å². The van der Waals surface area contributed by atoms with Gasteiger partial charge >= 0.3 is 6.01 Å². The van der Waals surface area contributed by atoms with Gasteiger partial charge in [0.15, 0.2) is 17.5 Å². The quantitative estimate of drug-likeness (QED) is 0.369. The van der Waals surface area contributed by atoms with Gasteiger partial charge in [0.05, 0.1) is 17.8 Å². The molecule has 0 bridgehead atoms. The van der Waals surface area contributed by atoms with Crippen LogP contribution in [0.15, 0.2) is 45.7 Å². The van der Waals surface area contributed by atoms with Gasteiger partial charge in [-0.1, -0.05) is 17.3 Å². The summed E-state index contributed by atoms with van der Waals surface area (Å²) in [6.45, 7) is 7.75. The van der Waals surface area contributed by atoms with Crippen molar-refractivity contribution in [1.82, 2.24) is 24.8 Å². The van der Waals surface area contributed by atoms with E-state index in [4.69, 9.17) is 4.52 Å². The molecule has 37 heavy (non-hydrogen) atoms. The first-order valence-electron chi connectivity index (χ1n) is 11.8. The van der Waals surface area contributed by atoms with Crippen LogP contribution in [0.4, 0.5) is 19.2 Å². The second-order valence-corrected chi connectivity index (χ2v) is 9.03. The predicted molar refractivity (Wildman–Crippen MR) is 129 cm³/mol. The number of anilines is 1. The third-order valence-corrected chi connectivity index (χ3v) is 6.24. The minimum atomic E-state index is -1.57. The van der Waals surface area contributed by atoms with Crippen LogP contribution in [-0.2, 0) is 6.54 Å². The van der Waals surface area contributed by atoms with E-state index in [0.717, 1.165) is 43.0 Å². The van der Waals surface area contributed by atoms with Crippen molar-refractivity contribution in [3.63, 3.8) is 0 Å². The topological polar surface area (TPSA) is 80.3 Å². The predicted octanol–water partition coefficient (Wildman–Crippen LogP) is 3.56. The number of halogens is 3. The second kappa shape index (κ2) is 10.1. The molecule has 5 rings (SSSR count). The summed E-state index contributed by atoms with van der Waals surface area (Å²) < 4.78 is 47.3. The van der Waals surface area contributed by atoms with Gasteiger partial charge in [-0.3, -0.25) is 9.69 Å². The fraction of sp³-hybridized carbons (Fsp3) is 0.308. The van der Waals surface area contributed by atoms with E-state index in [0.29, 0.717) is 29.0 Å². The summed E-state index contributed by atoms with van der Waals surface area (Å²) in [6.07, 6.45) is 0. The lowest BCUT2D eigenvalue weighted by molar-refractivity contribution is 0.204. The van der Waals surface area contributed by atoms with Crippen LogP contribution in [0.2, 0.25) is 0 Å². The number of hydrogen-bond donors (Lipinski definition) is 0. The molecule has 3 heterocycles. The van der Waals surface area contributed by atoms with Crippen LogP contribution in [0.25, 0.3) is 22.6 Å². The molecule has 0 saturated carbocycles. The highest BCUT2D eigenvalue weighted by molar-refractivity contribution is 5.58. The highest BCUT2D eigenvalue weighted by Crippen LogP contribution is 2.23. The molecule has 0 unspecified atom stereocenters. The molecule has 0 spiro atoms. The van der Waals surface area contributed by atoms with Gasteiger partial charge in [0.25, 0.3) is 5.56 Å². The molecule has 11 heteroatoms. The molecule has 0 radical (unpaired) electrons. The fourth-order valence-corrected chi connectivity index (χ4v) is 4.16. The maximum absolute atomic E-state index is 13.7. The summed E-state index contributed by atoms with van der Waals surface area (Å²) in [7, 11) is 0. The lowest BCUT2D eigenvalue weighted by Gasteiger charge is -2.35. The van der Waals surface area contributed by atoms with Gasteiger partial charge in [-0.2, -0.15) is 10.1 Å². The number of piperazine rings is 1.